The molecule has 0 spiro atoms. The molecule has 1 aliphatic heterocycles. The number of aryl methyl sites for hydroxylation is 1. The van der Waals surface area contributed by atoms with Crippen LogP contribution in [0.2, 0.25) is 0 Å². The van der Waals surface area contributed by atoms with Gasteiger partial charge in [0.15, 0.2) is 0 Å². The molecule has 1 aliphatic rings. The van der Waals surface area contributed by atoms with Crippen LogP contribution in [0.15, 0.2) is 27.8 Å². The van der Waals surface area contributed by atoms with Gasteiger partial charge in [-0.25, -0.2) is 9.59 Å². The Morgan fingerprint density at radius 2 is 2.04 bits per heavy atom. The van der Waals surface area contributed by atoms with Gasteiger partial charge < -0.3 is 15.0 Å². The molecule has 8 nitrogen and oxygen atoms in total. The molecule has 140 valence electrons. The molecule has 2 heterocycles. The molecule has 0 bridgehead atoms. The number of urea groups is 1. The van der Waals surface area contributed by atoms with Gasteiger partial charge in [-0.15, -0.1) is 0 Å². The first-order valence-electron chi connectivity index (χ1n) is 8.58. The molecule has 1 aromatic heterocycles. The highest BCUT2D eigenvalue weighted by Crippen LogP contribution is 2.26. The standard InChI is InChI=1S/C18H24N4O4/c1-18(8-5-9-26-18)11-20(2)16(24)19-12-6-7-13-14(10-12)21(3)17(25)22(4)15(13)23/h6-7,10H,5,8-9,11H2,1-4H3,(H,19,24). The van der Waals surface area contributed by atoms with Crippen molar-refractivity contribution in [3.8, 4) is 0 Å². The largest absolute Gasteiger partial charge is 0.373 e. The second-order valence-corrected chi connectivity index (χ2v) is 7.13. The van der Waals surface area contributed by atoms with Gasteiger partial charge in [-0.1, -0.05) is 0 Å². The van der Waals surface area contributed by atoms with Gasteiger partial charge in [0.25, 0.3) is 5.56 Å². The Kier molecular flexibility index (Phi) is 4.62. The Morgan fingerprint density at radius 1 is 1.31 bits per heavy atom. The number of likely N-dealkylation sites (N-methyl/N-ethyl adjacent to an activating group) is 1. The van der Waals surface area contributed by atoms with E-state index in [1.54, 1.807) is 37.2 Å². The summed E-state index contributed by atoms with van der Waals surface area (Å²) in [5.41, 5.74) is -0.0791. The third-order valence-corrected chi connectivity index (χ3v) is 4.94. The topological polar surface area (TPSA) is 85.6 Å². The molecule has 3 rings (SSSR count). The van der Waals surface area contributed by atoms with Gasteiger partial charge in [0.1, 0.15) is 0 Å². The van der Waals surface area contributed by atoms with E-state index in [-0.39, 0.29) is 17.2 Å². The van der Waals surface area contributed by atoms with E-state index < -0.39 is 5.69 Å². The fourth-order valence-corrected chi connectivity index (χ4v) is 3.42. The number of ether oxygens (including phenoxy) is 1. The summed E-state index contributed by atoms with van der Waals surface area (Å²) >= 11 is 0. The number of carbonyl (C=O) groups excluding carboxylic acids is 1. The van der Waals surface area contributed by atoms with Crippen molar-refractivity contribution in [1.29, 1.82) is 0 Å². The zero-order valence-corrected chi connectivity index (χ0v) is 15.5. The molecule has 1 fully saturated rings. The predicted octanol–water partition coefficient (Wildman–Crippen LogP) is 1.27. The number of nitrogens with one attached hydrogen (secondary N) is 1. The monoisotopic (exact) mass is 360 g/mol. The van der Waals surface area contributed by atoms with Crippen LogP contribution >= 0.6 is 0 Å². The lowest BCUT2D eigenvalue weighted by atomic mass is 10.0. The summed E-state index contributed by atoms with van der Waals surface area (Å²) in [4.78, 5) is 38.4. The molecule has 8 heteroatoms. The Morgan fingerprint density at radius 3 is 2.69 bits per heavy atom. The van der Waals surface area contributed by atoms with Gasteiger partial charge in [-0.3, -0.25) is 13.9 Å². The normalized spacial score (nSPS) is 19.7. The van der Waals surface area contributed by atoms with Crippen LogP contribution in [0.25, 0.3) is 10.9 Å². The van der Waals surface area contributed by atoms with Crippen LogP contribution in [0.4, 0.5) is 10.5 Å². The van der Waals surface area contributed by atoms with Gasteiger partial charge in [0.05, 0.1) is 23.0 Å². The van der Waals surface area contributed by atoms with Gasteiger partial charge in [-0.2, -0.15) is 0 Å². The van der Waals surface area contributed by atoms with E-state index in [1.807, 2.05) is 6.92 Å². The van der Waals surface area contributed by atoms with E-state index in [0.717, 1.165) is 24.0 Å². The van der Waals surface area contributed by atoms with E-state index in [9.17, 15) is 14.4 Å². The second-order valence-electron chi connectivity index (χ2n) is 7.13. The molecule has 1 atom stereocenters. The van der Waals surface area contributed by atoms with E-state index in [0.29, 0.717) is 23.1 Å². The Labute approximate surface area is 151 Å². The van der Waals surface area contributed by atoms with Crippen molar-refractivity contribution in [3.63, 3.8) is 0 Å². The molecule has 2 aromatic rings. The highest BCUT2D eigenvalue weighted by atomic mass is 16.5. The number of anilines is 1. The van der Waals surface area contributed by atoms with E-state index >= 15 is 0 Å². The quantitative estimate of drug-likeness (QED) is 0.893. The first kappa shape index (κ1) is 18.2. The van der Waals surface area contributed by atoms with Crippen LogP contribution in [0, 0.1) is 0 Å². The van der Waals surface area contributed by atoms with Crippen molar-refractivity contribution in [2.45, 2.75) is 25.4 Å². The second kappa shape index (κ2) is 6.60. The van der Waals surface area contributed by atoms with E-state index in [2.05, 4.69) is 5.32 Å². The van der Waals surface area contributed by atoms with E-state index in [1.165, 1.54) is 11.6 Å². The number of fused-ring (bicyclic) bond motifs is 1. The fraction of sp³-hybridized carbons (Fsp3) is 0.500. The summed E-state index contributed by atoms with van der Waals surface area (Å²) in [7, 11) is 4.76. The highest BCUT2D eigenvalue weighted by molar-refractivity contribution is 5.92. The summed E-state index contributed by atoms with van der Waals surface area (Å²) in [5, 5.41) is 3.24. The van der Waals surface area contributed by atoms with Crippen molar-refractivity contribution in [1.82, 2.24) is 14.0 Å². The lowest BCUT2D eigenvalue weighted by molar-refractivity contribution is 0.00441. The molecule has 0 radical (unpaired) electrons. The molecule has 2 amide bonds. The van der Waals surface area contributed by atoms with Crippen LogP contribution in [-0.2, 0) is 18.8 Å². The molecule has 0 aliphatic carbocycles. The molecule has 1 saturated heterocycles. The first-order chi connectivity index (χ1) is 12.2. The van der Waals surface area contributed by atoms with Crippen molar-refractivity contribution in [2.24, 2.45) is 14.1 Å². The number of nitrogens with zero attached hydrogens (tertiary/aromatic N) is 3. The SMILES string of the molecule is CN(CC1(C)CCCO1)C(=O)Nc1ccc2c(=O)n(C)c(=O)n(C)c2c1. The number of hydrogen-bond acceptors (Lipinski definition) is 4. The first-order valence-corrected chi connectivity index (χ1v) is 8.58. The lowest BCUT2D eigenvalue weighted by Crippen LogP contribution is -2.43. The molecule has 1 N–H and O–H groups in total. The highest BCUT2D eigenvalue weighted by Gasteiger charge is 2.32. The average molecular weight is 360 g/mol. The zero-order chi connectivity index (χ0) is 19.1. The smallest absolute Gasteiger partial charge is 0.330 e. The third-order valence-electron chi connectivity index (χ3n) is 4.94. The van der Waals surface area contributed by atoms with Gasteiger partial charge >= 0.3 is 11.7 Å². The van der Waals surface area contributed by atoms with Gasteiger partial charge in [-0.05, 0) is 38.0 Å². The summed E-state index contributed by atoms with van der Waals surface area (Å²) in [5.74, 6) is 0. The summed E-state index contributed by atoms with van der Waals surface area (Å²) in [6, 6.07) is 4.65. The molecule has 1 unspecified atom stereocenters. The Bertz CT molecular complexity index is 970. The number of hydrogen-bond donors (Lipinski definition) is 1. The molecular formula is C18H24N4O4. The van der Waals surface area contributed by atoms with Crippen molar-refractivity contribution in [2.75, 3.05) is 25.5 Å². The maximum absolute atomic E-state index is 12.5. The lowest BCUT2D eigenvalue weighted by Gasteiger charge is -2.29. The summed E-state index contributed by atoms with van der Waals surface area (Å²) in [6.07, 6.45) is 1.92. The van der Waals surface area contributed by atoms with Crippen molar-refractivity contribution < 1.29 is 9.53 Å². The fourth-order valence-electron chi connectivity index (χ4n) is 3.42. The molecule has 0 saturated carbocycles. The maximum Gasteiger partial charge on any atom is 0.330 e. The van der Waals surface area contributed by atoms with Crippen LogP contribution < -0.4 is 16.6 Å². The number of carbonyl (C=O) groups is 1. The minimum absolute atomic E-state index is 0.269. The predicted molar refractivity (Wildman–Crippen MR) is 99.7 cm³/mol. The molecular weight excluding hydrogens is 336 g/mol. The maximum atomic E-state index is 12.5. The zero-order valence-electron chi connectivity index (χ0n) is 15.5. The molecule has 1 aromatic carbocycles. The summed E-state index contributed by atoms with van der Waals surface area (Å²) in [6.45, 7) is 3.22. The third kappa shape index (κ3) is 3.24. The Balaban J connectivity index is 1.84. The van der Waals surface area contributed by atoms with Crippen LogP contribution in [0.5, 0.6) is 0 Å². The van der Waals surface area contributed by atoms with Crippen LogP contribution in [-0.4, -0.2) is 45.9 Å². The number of benzene rings is 1. The summed E-state index contributed by atoms with van der Waals surface area (Å²) < 4.78 is 8.18. The van der Waals surface area contributed by atoms with Crippen LogP contribution in [0.3, 0.4) is 0 Å². The average Bonchev–Trinajstić information content (AvgIpc) is 3.04. The minimum Gasteiger partial charge on any atom is -0.373 e. The Hall–Kier alpha value is -2.61. The molecule has 26 heavy (non-hydrogen) atoms. The number of aromatic nitrogens is 2. The van der Waals surface area contributed by atoms with Crippen LogP contribution in [0.1, 0.15) is 19.8 Å². The van der Waals surface area contributed by atoms with Crippen molar-refractivity contribution >= 4 is 22.6 Å². The van der Waals surface area contributed by atoms with E-state index in [4.69, 9.17) is 4.74 Å². The van der Waals surface area contributed by atoms with Crippen molar-refractivity contribution in [3.05, 3.63) is 39.0 Å². The van der Waals surface area contributed by atoms with Gasteiger partial charge in [0.2, 0.25) is 0 Å². The number of rotatable bonds is 3. The van der Waals surface area contributed by atoms with Gasteiger partial charge in [0, 0.05) is 33.4 Å². The minimum atomic E-state index is -0.408. The number of amides is 2.